The molecule has 1 amide bonds. The van der Waals surface area contributed by atoms with Crippen LogP contribution in [-0.4, -0.2) is 31.3 Å². The van der Waals surface area contributed by atoms with Crippen molar-refractivity contribution in [2.24, 2.45) is 0 Å². The fourth-order valence-corrected chi connectivity index (χ4v) is 4.48. The van der Waals surface area contributed by atoms with Crippen LogP contribution in [0.25, 0.3) is 0 Å². The highest BCUT2D eigenvalue weighted by atomic mass is 32.2. The summed E-state index contributed by atoms with van der Waals surface area (Å²) in [5.74, 6) is 2.32. The van der Waals surface area contributed by atoms with Crippen LogP contribution in [0, 0.1) is 17.0 Å². The minimum absolute atomic E-state index is 0.0253. The van der Waals surface area contributed by atoms with Gasteiger partial charge in [0.1, 0.15) is 5.82 Å². The zero-order valence-corrected chi connectivity index (χ0v) is 19.2. The van der Waals surface area contributed by atoms with Crippen LogP contribution in [0.2, 0.25) is 0 Å². The molecule has 1 N–H and O–H groups in total. The van der Waals surface area contributed by atoms with E-state index in [0.717, 1.165) is 11.6 Å². The molecule has 0 aliphatic rings. The van der Waals surface area contributed by atoms with Gasteiger partial charge in [0.2, 0.25) is 5.91 Å². The molecular formula is C22H23N5O3S2. The number of nitro groups is 1. The lowest BCUT2D eigenvalue weighted by Gasteiger charge is -2.08. The zero-order valence-electron chi connectivity index (χ0n) is 17.6. The van der Waals surface area contributed by atoms with Gasteiger partial charge in [0.15, 0.2) is 5.16 Å². The van der Waals surface area contributed by atoms with E-state index >= 15 is 0 Å². The molecule has 0 spiro atoms. The average Bonchev–Trinajstić information content (AvgIpc) is 3.16. The Labute approximate surface area is 194 Å². The van der Waals surface area contributed by atoms with E-state index in [2.05, 4.69) is 53.3 Å². The zero-order chi connectivity index (χ0) is 22.9. The van der Waals surface area contributed by atoms with E-state index in [0.29, 0.717) is 23.1 Å². The summed E-state index contributed by atoms with van der Waals surface area (Å²) in [6, 6.07) is 14.2. The molecule has 0 aliphatic heterocycles. The Morgan fingerprint density at radius 1 is 1.16 bits per heavy atom. The predicted octanol–water partition coefficient (Wildman–Crippen LogP) is 4.84. The number of carbonyl (C=O) groups is 1. The standard InChI is InChI=1S/C22H23N5O3S2/c1-3-12-26-20(14-31-13-17-6-4-16(2)5-7-17)24-25-22(26)32-15-21(28)23-18-8-10-19(11-9-18)27(29)30/h3-11H,1,12-15H2,2H3,(H,23,28). The van der Waals surface area contributed by atoms with E-state index in [1.54, 1.807) is 17.8 Å². The second kappa shape index (κ2) is 11.5. The van der Waals surface area contributed by atoms with Crippen LogP contribution >= 0.6 is 23.5 Å². The summed E-state index contributed by atoms with van der Waals surface area (Å²) in [5.41, 5.74) is 2.97. The molecule has 1 heterocycles. The first-order valence-corrected chi connectivity index (χ1v) is 11.9. The van der Waals surface area contributed by atoms with Gasteiger partial charge in [-0.3, -0.25) is 14.9 Å². The number of rotatable bonds is 11. The van der Waals surface area contributed by atoms with Crippen molar-refractivity contribution >= 4 is 40.8 Å². The quantitative estimate of drug-likeness (QED) is 0.185. The van der Waals surface area contributed by atoms with Crippen molar-refractivity contribution in [3.8, 4) is 0 Å². The highest BCUT2D eigenvalue weighted by Gasteiger charge is 2.14. The summed E-state index contributed by atoms with van der Waals surface area (Å²) >= 11 is 3.04. The molecule has 0 bridgehead atoms. The monoisotopic (exact) mass is 469 g/mol. The fourth-order valence-electron chi connectivity index (χ4n) is 2.78. The molecule has 0 fully saturated rings. The molecule has 3 aromatic rings. The second-order valence-corrected chi connectivity index (χ2v) is 8.85. The molecular weight excluding hydrogens is 446 g/mol. The van der Waals surface area contributed by atoms with E-state index in [-0.39, 0.29) is 17.3 Å². The summed E-state index contributed by atoms with van der Waals surface area (Å²) in [5, 5.41) is 22.6. The minimum atomic E-state index is -0.482. The first kappa shape index (κ1) is 23.6. The molecule has 3 rings (SSSR count). The maximum absolute atomic E-state index is 12.3. The van der Waals surface area contributed by atoms with Gasteiger partial charge in [0, 0.05) is 30.1 Å². The first-order chi connectivity index (χ1) is 15.5. The number of hydrogen-bond donors (Lipinski definition) is 1. The smallest absolute Gasteiger partial charge is 0.269 e. The van der Waals surface area contributed by atoms with Crippen LogP contribution in [0.1, 0.15) is 17.0 Å². The first-order valence-electron chi connectivity index (χ1n) is 9.79. The van der Waals surface area contributed by atoms with Gasteiger partial charge in [-0.2, -0.15) is 0 Å². The maximum atomic E-state index is 12.3. The number of non-ortho nitro benzene ring substituents is 1. The number of hydrogen-bond acceptors (Lipinski definition) is 7. The molecule has 8 nitrogen and oxygen atoms in total. The summed E-state index contributed by atoms with van der Waals surface area (Å²) in [6.45, 7) is 6.43. The number of thioether (sulfide) groups is 2. The Balaban J connectivity index is 1.54. The minimum Gasteiger partial charge on any atom is -0.325 e. The number of anilines is 1. The highest BCUT2D eigenvalue weighted by Crippen LogP contribution is 2.23. The van der Waals surface area contributed by atoms with Gasteiger partial charge in [0.25, 0.3) is 5.69 Å². The van der Waals surface area contributed by atoms with Crippen molar-refractivity contribution in [2.75, 3.05) is 11.1 Å². The molecule has 166 valence electrons. The molecule has 0 unspecified atom stereocenters. The number of aromatic nitrogens is 3. The lowest BCUT2D eigenvalue weighted by Crippen LogP contribution is -2.14. The number of nitrogens with one attached hydrogen (secondary N) is 1. The van der Waals surface area contributed by atoms with Crippen molar-refractivity contribution in [1.29, 1.82) is 0 Å². The van der Waals surface area contributed by atoms with E-state index < -0.39 is 4.92 Å². The Hall–Kier alpha value is -3.11. The normalized spacial score (nSPS) is 10.7. The molecule has 32 heavy (non-hydrogen) atoms. The number of nitrogens with zero attached hydrogens (tertiary/aromatic N) is 4. The Kier molecular flexibility index (Phi) is 8.46. The van der Waals surface area contributed by atoms with Crippen molar-refractivity contribution in [1.82, 2.24) is 14.8 Å². The molecule has 1 aromatic heterocycles. The molecule has 10 heteroatoms. The van der Waals surface area contributed by atoms with E-state index in [9.17, 15) is 14.9 Å². The van der Waals surface area contributed by atoms with Crippen LogP contribution in [0.5, 0.6) is 0 Å². The van der Waals surface area contributed by atoms with E-state index in [1.165, 1.54) is 47.2 Å². The lowest BCUT2D eigenvalue weighted by molar-refractivity contribution is -0.384. The molecule has 2 aromatic carbocycles. The van der Waals surface area contributed by atoms with Crippen LogP contribution in [0.3, 0.4) is 0 Å². The summed E-state index contributed by atoms with van der Waals surface area (Å²) in [6.07, 6.45) is 1.78. The van der Waals surface area contributed by atoms with Crippen LogP contribution in [0.4, 0.5) is 11.4 Å². The molecule has 0 saturated carbocycles. The fraction of sp³-hybridized carbons (Fsp3) is 0.227. The van der Waals surface area contributed by atoms with Crippen molar-refractivity contribution in [3.05, 3.63) is 88.3 Å². The van der Waals surface area contributed by atoms with Crippen molar-refractivity contribution < 1.29 is 9.72 Å². The topological polar surface area (TPSA) is 103 Å². The molecule has 0 radical (unpaired) electrons. The van der Waals surface area contributed by atoms with Crippen molar-refractivity contribution in [3.63, 3.8) is 0 Å². The number of aryl methyl sites for hydroxylation is 1. The number of allylic oxidation sites excluding steroid dienone is 1. The Morgan fingerprint density at radius 2 is 1.88 bits per heavy atom. The van der Waals surface area contributed by atoms with Gasteiger partial charge in [0.05, 0.1) is 16.4 Å². The van der Waals surface area contributed by atoms with Crippen LogP contribution < -0.4 is 5.32 Å². The van der Waals surface area contributed by atoms with Gasteiger partial charge >= 0.3 is 0 Å². The van der Waals surface area contributed by atoms with Gasteiger partial charge in [-0.15, -0.1) is 28.5 Å². The Morgan fingerprint density at radius 3 is 2.53 bits per heavy atom. The number of carbonyl (C=O) groups excluding carboxylic acids is 1. The molecule has 0 aliphatic carbocycles. The number of amides is 1. The third kappa shape index (κ3) is 6.69. The lowest BCUT2D eigenvalue weighted by atomic mass is 10.2. The third-order valence-corrected chi connectivity index (χ3v) is 6.39. The predicted molar refractivity (Wildman–Crippen MR) is 129 cm³/mol. The van der Waals surface area contributed by atoms with Crippen LogP contribution in [0.15, 0.2) is 66.3 Å². The van der Waals surface area contributed by atoms with E-state index in [4.69, 9.17) is 0 Å². The summed E-state index contributed by atoms with van der Waals surface area (Å²) in [4.78, 5) is 22.5. The third-order valence-electron chi connectivity index (χ3n) is 4.42. The number of nitro benzene ring substituents is 1. The second-order valence-electron chi connectivity index (χ2n) is 6.92. The summed E-state index contributed by atoms with van der Waals surface area (Å²) < 4.78 is 1.96. The Bertz CT molecular complexity index is 1080. The van der Waals surface area contributed by atoms with Gasteiger partial charge in [-0.1, -0.05) is 47.7 Å². The maximum Gasteiger partial charge on any atom is 0.269 e. The summed E-state index contributed by atoms with van der Waals surface area (Å²) in [7, 11) is 0. The van der Waals surface area contributed by atoms with Gasteiger partial charge in [-0.05, 0) is 24.6 Å². The van der Waals surface area contributed by atoms with Crippen LogP contribution in [-0.2, 0) is 22.8 Å². The average molecular weight is 470 g/mol. The molecule has 0 saturated heterocycles. The largest absolute Gasteiger partial charge is 0.325 e. The van der Waals surface area contributed by atoms with Gasteiger partial charge < -0.3 is 9.88 Å². The van der Waals surface area contributed by atoms with Gasteiger partial charge in [-0.25, -0.2) is 0 Å². The van der Waals surface area contributed by atoms with E-state index in [1.807, 2.05) is 4.57 Å². The molecule has 0 atom stereocenters. The highest BCUT2D eigenvalue weighted by molar-refractivity contribution is 7.99. The number of benzene rings is 2. The SMILES string of the molecule is C=CCn1c(CSCc2ccc(C)cc2)nnc1SCC(=O)Nc1ccc([N+](=O)[O-])cc1. The van der Waals surface area contributed by atoms with Crippen molar-refractivity contribution in [2.45, 2.75) is 30.1 Å².